The van der Waals surface area contributed by atoms with Crippen molar-refractivity contribution in [3.8, 4) is 0 Å². The second-order valence-corrected chi connectivity index (χ2v) is 9.13. The van der Waals surface area contributed by atoms with Crippen LogP contribution < -0.4 is 4.90 Å². The van der Waals surface area contributed by atoms with Gasteiger partial charge < -0.3 is 9.32 Å². The Morgan fingerprint density at radius 3 is 2.36 bits per heavy atom. The van der Waals surface area contributed by atoms with E-state index in [0.29, 0.717) is 0 Å². The molecule has 0 spiro atoms. The minimum Gasteiger partial charge on any atom is -0.470 e. The molecule has 2 aliphatic heterocycles. The van der Waals surface area contributed by atoms with Gasteiger partial charge in [-0.2, -0.15) is 0 Å². The number of carbonyl (C=O) groups is 2. The fraction of sp³-hybridized carbons (Fsp3) is 0.0690. The molecule has 0 atom stereocenters. The molecule has 0 N–H and O–H groups in total. The van der Waals surface area contributed by atoms with E-state index in [1.807, 2.05) is 36.4 Å². The molecule has 3 heterocycles. The molecule has 4 aromatic rings. The Labute approximate surface area is 213 Å². The van der Waals surface area contributed by atoms with Gasteiger partial charge in [-0.05, 0) is 52.5 Å². The summed E-state index contributed by atoms with van der Waals surface area (Å²) in [6.45, 7) is 0. The average molecular weight is 492 g/mol. The molecule has 36 heavy (non-hydrogen) atoms. The molecule has 7 heteroatoms. The predicted molar refractivity (Wildman–Crippen MR) is 146 cm³/mol. The van der Waals surface area contributed by atoms with Gasteiger partial charge in [0.25, 0.3) is 11.8 Å². The highest BCUT2D eigenvalue weighted by Crippen LogP contribution is 2.45. The van der Waals surface area contributed by atoms with Crippen LogP contribution in [0.3, 0.4) is 0 Å². The van der Waals surface area contributed by atoms with Crippen molar-refractivity contribution >= 4 is 75.2 Å². The Morgan fingerprint density at radius 2 is 1.61 bits per heavy atom. The van der Waals surface area contributed by atoms with Gasteiger partial charge >= 0.3 is 0 Å². The zero-order valence-corrected chi connectivity index (χ0v) is 20.5. The zero-order valence-electron chi connectivity index (χ0n) is 19.6. The summed E-state index contributed by atoms with van der Waals surface area (Å²) >= 11 is 5.19. The van der Waals surface area contributed by atoms with Gasteiger partial charge in [-0.1, -0.05) is 54.6 Å². The van der Waals surface area contributed by atoms with Crippen molar-refractivity contribution in [2.75, 3.05) is 19.0 Å². The van der Waals surface area contributed by atoms with Crippen molar-refractivity contribution < 1.29 is 14.0 Å². The number of carbonyl (C=O) groups excluding carboxylic acids is 2. The van der Waals surface area contributed by atoms with Gasteiger partial charge in [0.2, 0.25) is 0 Å². The first kappa shape index (κ1) is 22.0. The van der Waals surface area contributed by atoms with E-state index in [0.717, 1.165) is 44.5 Å². The summed E-state index contributed by atoms with van der Waals surface area (Å²) in [5, 5.41) is 2.21. The molecule has 6 nitrogen and oxygen atoms in total. The third-order valence-corrected chi connectivity index (χ3v) is 7.16. The number of para-hydroxylation sites is 1. The van der Waals surface area contributed by atoms with Crippen LogP contribution in [0.15, 0.2) is 83.2 Å². The Hall–Kier alpha value is -4.49. The van der Waals surface area contributed by atoms with Crippen molar-refractivity contribution in [2.24, 2.45) is 0 Å². The number of rotatable bonds is 2. The quantitative estimate of drug-likeness (QED) is 0.173. The molecule has 0 unspecified atom stereocenters. The van der Waals surface area contributed by atoms with Gasteiger partial charge in [0.15, 0.2) is 5.11 Å². The van der Waals surface area contributed by atoms with Gasteiger partial charge in [0.05, 0.1) is 23.3 Å². The molecule has 1 saturated heterocycles. The van der Waals surface area contributed by atoms with E-state index in [1.54, 1.807) is 32.7 Å². The maximum atomic E-state index is 12.8. The lowest BCUT2D eigenvalue weighted by Crippen LogP contribution is -2.52. The second kappa shape index (κ2) is 8.32. The third kappa shape index (κ3) is 3.36. The van der Waals surface area contributed by atoms with Crippen molar-refractivity contribution in [1.82, 2.24) is 9.80 Å². The van der Waals surface area contributed by atoms with E-state index in [1.165, 1.54) is 9.80 Å². The van der Waals surface area contributed by atoms with E-state index in [4.69, 9.17) is 16.6 Å². The smallest absolute Gasteiger partial charge is 0.265 e. The van der Waals surface area contributed by atoms with Crippen LogP contribution in [0.2, 0.25) is 0 Å². The first-order valence-electron chi connectivity index (χ1n) is 11.4. The molecule has 0 saturated carbocycles. The van der Waals surface area contributed by atoms with Crippen LogP contribution in [-0.4, -0.2) is 40.8 Å². The van der Waals surface area contributed by atoms with Crippen molar-refractivity contribution in [1.29, 1.82) is 0 Å². The number of hydrogen-bond acceptors (Lipinski definition) is 5. The van der Waals surface area contributed by atoms with Crippen LogP contribution in [0.1, 0.15) is 16.7 Å². The van der Waals surface area contributed by atoms with Gasteiger partial charge in [0.1, 0.15) is 11.8 Å². The molecule has 3 aromatic carbocycles. The van der Waals surface area contributed by atoms with Gasteiger partial charge in [-0.25, -0.2) is 0 Å². The van der Waals surface area contributed by atoms with Gasteiger partial charge in [-0.15, -0.1) is 0 Å². The number of hydrogen-bond donors (Lipinski definition) is 0. The molecular weight excluding hydrogens is 470 g/mol. The predicted octanol–water partition coefficient (Wildman–Crippen LogP) is 5.99. The third-order valence-electron chi connectivity index (χ3n) is 6.61. The monoisotopic (exact) mass is 491 g/mol. The van der Waals surface area contributed by atoms with Crippen LogP contribution in [0.5, 0.6) is 0 Å². The Kier molecular flexibility index (Phi) is 5.09. The van der Waals surface area contributed by atoms with E-state index in [-0.39, 0.29) is 10.7 Å². The topological polar surface area (TPSA) is 57.0 Å². The van der Waals surface area contributed by atoms with Crippen molar-refractivity contribution in [3.63, 3.8) is 0 Å². The number of likely N-dealkylation sites (N-methyl/N-ethyl adjacent to an activating group) is 2. The summed E-state index contributed by atoms with van der Waals surface area (Å²) in [5.41, 5.74) is 6.02. The van der Waals surface area contributed by atoms with E-state index >= 15 is 0 Å². The highest BCUT2D eigenvalue weighted by Gasteiger charge is 2.35. The summed E-state index contributed by atoms with van der Waals surface area (Å²) in [6.07, 6.45) is 9.28. The molecule has 1 fully saturated rings. The Morgan fingerprint density at radius 1 is 0.861 bits per heavy atom. The van der Waals surface area contributed by atoms with Gasteiger partial charge in [0, 0.05) is 25.5 Å². The molecule has 6 rings (SSSR count). The van der Waals surface area contributed by atoms with Crippen LogP contribution >= 0.6 is 12.2 Å². The highest BCUT2D eigenvalue weighted by atomic mass is 32.1. The van der Waals surface area contributed by atoms with Crippen molar-refractivity contribution in [2.45, 2.75) is 0 Å². The molecule has 0 aliphatic carbocycles. The summed E-state index contributed by atoms with van der Waals surface area (Å²) < 4.78 is 5.45. The van der Waals surface area contributed by atoms with Crippen LogP contribution in [0.25, 0.3) is 29.0 Å². The molecular formula is C29H21N3O3S. The first-order valence-corrected chi connectivity index (χ1v) is 11.8. The molecule has 0 bridgehead atoms. The summed E-state index contributed by atoms with van der Waals surface area (Å²) in [6, 6.07) is 20.3. The zero-order chi connectivity index (χ0) is 25.0. The second-order valence-electron chi connectivity index (χ2n) is 8.76. The molecule has 176 valence electrons. The number of amides is 2. The number of furan rings is 1. The molecule has 2 aliphatic rings. The standard InChI is InChI=1S/C29H21N3O3S/c1-30-27(33)24(28(34)31(2)29(30)36)16-18-7-12-23-21(15-18)11-10-20-9-8-19-5-3-4-6-25(19)32(26(20)23)22-13-14-35-17-22/h3-17H,1-2H3. The van der Waals surface area contributed by atoms with Crippen LogP contribution in [-0.2, 0) is 9.59 Å². The highest BCUT2D eigenvalue weighted by molar-refractivity contribution is 7.80. The number of anilines is 3. The van der Waals surface area contributed by atoms with E-state index in [9.17, 15) is 9.59 Å². The fourth-order valence-electron chi connectivity index (χ4n) is 4.75. The minimum absolute atomic E-state index is 0.0830. The largest absolute Gasteiger partial charge is 0.470 e. The average Bonchev–Trinajstić information content (AvgIpc) is 3.37. The lowest BCUT2D eigenvalue weighted by molar-refractivity contribution is -0.132. The number of nitrogens with zero attached hydrogens (tertiary/aromatic N) is 3. The van der Waals surface area contributed by atoms with Crippen molar-refractivity contribution in [3.05, 3.63) is 95.5 Å². The molecule has 2 amide bonds. The maximum absolute atomic E-state index is 12.8. The fourth-order valence-corrected chi connectivity index (χ4v) is 4.91. The molecule has 0 radical (unpaired) electrons. The summed E-state index contributed by atoms with van der Waals surface area (Å²) in [4.78, 5) is 30.4. The van der Waals surface area contributed by atoms with Crippen LogP contribution in [0, 0.1) is 0 Å². The van der Waals surface area contributed by atoms with E-state index in [2.05, 4.69) is 41.3 Å². The minimum atomic E-state index is -0.405. The maximum Gasteiger partial charge on any atom is 0.265 e. The van der Waals surface area contributed by atoms with Crippen LogP contribution in [0.4, 0.5) is 17.1 Å². The number of fused-ring (bicyclic) bond motifs is 4. The lowest BCUT2D eigenvalue weighted by Gasteiger charge is -2.31. The van der Waals surface area contributed by atoms with Gasteiger partial charge in [-0.3, -0.25) is 19.4 Å². The SMILES string of the molecule is CN1C(=O)C(=Cc2ccc3c4c(ccc3c2)C=Cc2ccccc2N4c2ccoc2)C(=O)N(C)C1=S. The summed E-state index contributed by atoms with van der Waals surface area (Å²) in [5.74, 6) is -0.809. The Balaban J connectivity index is 1.52. The number of thiocarbonyl (C=S) groups is 1. The lowest BCUT2D eigenvalue weighted by atomic mass is 9.99. The van der Waals surface area contributed by atoms with E-state index < -0.39 is 11.8 Å². The first-order chi connectivity index (χ1) is 17.4. The number of benzene rings is 3. The summed E-state index contributed by atoms with van der Waals surface area (Å²) in [7, 11) is 3.15. The molecule has 1 aromatic heterocycles. The normalized spacial score (nSPS) is 15.3. The Bertz CT molecular complexity index is 1610.